The Morgan fingerprint density at radius 2 is 1.77 bits per heavy atom. The Balaban J connectivity index is 2.23. The summed E-state index contributed by atoms with van der Waals surface area (Å²) in [7, 11) is -3.64. The van der Waals surface area contributed by atoms with Gasteiger partial charge in [-0.3, -0.25) is 9.10 Å². The molecule has 0 bridgehead atoms. The van der Waals surface area contributed by atoms with Crippen LogP contribution in [0.4, 0.5) is 11.4 Å². The SMILES string of the molecule is CCOc1cccc(N(CC(=O)Nc2cc(C)cc(C)c2)S(C)(=O)=O)c1. The zero-order valence-corrected chi connectivity index (χ0v) is 16.3. The molecule has 0 unspecified atom stereocenters. The second-order valence-electron chi connectivity index (χ2n) is 6.12. The summed E-state index contributed by atoms with van der Waals surface area (Å²) >= 11 is 0. The summed E-state index contributed by atoms with van der Waals surface area (Å²) in [6, 6.07) is 12.3. The Hall–Kier alpha value is -2.54. The summed E-state index contributed by atoms with van der Waals surface area (Å²) < 4.78 is 30.9. The molecule has 0 spiro atoms. The van der Waals surface area contributed by atoms with Crippen LogP contribution >= 0.6 is 0 Å². The molecule has 0 aliphatic carbocycles. The number of nitrogens with zero attached hydrogens (tertiary/aromatic N) is 1. The zero-order valence-electron chi connectivity index (χ0n) is 15.4. The van der Waals surface area contributed by atoms with E-state index in [1.165, 1.54) is 0 Å². The fraction of sp³-hybridized carbons (Fsp3) is 0.316. The summed E-state index contributed by atoms with van der Waals surface area (Å²) in [6.45, 7) is 5.87. The maximum absolute atomic E-state index is 12.4. The average molecular weight is 376 g/mol. The number of carbonyl (C=O) groups excluding carboxylic acids is 1. The summed E-state index contributed by atoms with van der Waals surface area (Å²) in [4.78, 5) is 12.4. The van der Waals surface area contributed by atoms with Gasteiger partial charge in [-0.2, -0.15) is 0 Å². The predicted octanol–water partition coefficient (Wildman–Crippen LogP) is 3.11. The zero-order chi connectivity index (χ0) is 19.3. The molecule has 0 aliphatic heterocycles. The molecule has 0 aromatic heterocycles. The summed E-state index contributed by atoms with van der Waals surface area (Å²) in [5.41, 5.74) is 3.06. The van der Waals surface area contributed by atoms with Gasteiger partial charge in [0.05, 0.1) is 18.6 Å². The molecule has 0 saturated carbocycles. The van der Waals surface area contributed by atoms with Gasteiger partial charge in [-0.05, 0) is 56.2 Å². The van der Waals surface area contributed by atoms with Crippen LogP contribution in [-0.4, -0.2) is 33.7 Å². The van der Waals surface area contributed by atoms with Crippen molar-refractivity contribution in [3.63, 3.8) is 0 Å². The normalized spacial score (nSPS) is 11.1. The molecule has 0 fully saturated rings. The van der Waals surface area contributed by atoms with Crippen LogP contribution in [0, 0.1) is 13.8 Å². The second kappa shape index (κ2) is 8.23. The summed E-state index contributed by atoms with van der Waals surface area (Å²) in [5, 5.41) is 2.76. The van der Waals surface area contributed by atoms with Gasteiger partial charge < -0.3 is 10.1 Å². The fourth-order valence-electron chi connectivity index (χ4n) is 2.67. The van der Waals surface area contributed by atoms with Gasteiger partial charge in [-0.1, -0.05) is 12.1 Å². The number of ether oxygens (including phenoxy) is 1. The molecule has 2 aromatic rings. The minimum atomic E-state index is -3.64. The smallest absolute Gasteiger partial charge is 0.245 e. The molecule has 7 heteroatoms. The van der Waals surface area contributed by atoms with Crippen LogP contribution in [0.25, 0.3) is 0 Å². The van der Waals surface area contributed by atoms with E-state index < -0.39 is 15.9 Å². The number of anilines is 2. The highest BCUT2D eigenvalue weighted by Crippen LogP contribution is 2.23. The number of aryl methyl sites for hydroxylation is 2. The van der Waals surface area contributed by atoms with Crippen LogP contribution in [0.5, 0.6) is 5.75 Å². The van der Waals surface area contributed by atoms with E-state index in [9.17, 15) is 13.2 Å². The molecule has 1 amide bonds. The van der Waals surface area contributed by atoms with Crippen molar-refractivity contribution in [2.45, 2.75) is 20.8 Å². The largest absolute Gasteiger partial charge is 0.494 e. The first kappa shape index (κ1) is 19.8. The molecule has 0 aliphatic rings. The van der Waals surface area contributed by atoms with E-state index in [-0.39, 0.29) is 6.54 Å². The van der Waals surface area contributed by atoms with Gasteiger partial charge in [0.2, 0.25) is 15.9 Å². The predicted molar refractivity (Wildman–Crippen MR) is 104 cm³/mol. The molecule has 6 nitrogen and oxygen atoms in total. The molecule has 0 saturated heterocycles. The molecular formula is C19H24N2O4S. The minimum absolute atomic E-state index is 0.318. The van der Waals surface area contributed by atoms with Crippen LogP contribution in [0.1, 0.15) is 18.1 Å². The van der Waals surface area contributed by atoms with E-state index in [4.69, 9.17) is 4.74 Å². The molecule has 2 aromatic carbocycles. The lowest BCUT2D eigenvalue weighted by Crippen LogP contribution is -2.37. The quantitative estimate of drug-likeness (QED) is 0.806. The average Bonchev–Trinajstić information content (AvgIpc) is 2.51. The monoisotopic (exact) mass is 376 g/mol. The van der Waals surface area contributed by atoms with Crippen molar-refractivity contribution in [1.29, 1.82) is 0 Å². The Bertz CT molecular complexity index is 874. The van der Waals surface area contributed by atoms with Crippen molar-refractivity contribution < 1.29 is 17.9 Å². The van der Waals surface area contributed by atoms with Crippen LogP contribution in [0.2, 0.25) is 0 Å². The molecule has 0 radical (unpaired) electrons. The Kier molecular flexibility index (Phi) is 6.26. The van der Waals surface area contributed by atoms with E-state index in [1.54, 1.807) is 24.3 Å². The van der Waals surface area contributed by atoms with E-state index in [0.717, 1.165) is 21.7 Å². The van der Waals surface area contributed by atoms with Crippen LogP contribution in [0.3, 0.4) is 0 Å². The number of nitrogens with one attached hydrogen (secondary N) is 1. The third kappa shape index (κ3) is 5.49. The number of benzene rings is 2. The molecule has 1 N–H and O–H groups in total. The van der Waals surface area contributed by atoms with Crippen molar-refractivity contribution in [2.24, 2.45) is 0 Å². The van der Waals surface area contributed by atoms with Crippen molar-refractivity contribution in [2.75, 3.05) is 29.0 Å². The number of carbonyl (C=O) groups is 1. The van der Waals surface area contributed by atoms with Crippen molar-refractivity contribution in [3.05, 3.63) is 53.6 Å². The van der Waals surface area contributed by atoms with Crippen molar-refractivity contribution in [1.82, 2.24) is 0 Å². The minimum Gasteiger partial charge on any atom is -0.494 e. The number of hydrogen-bond acceptors (Lipinski definition) is 4. The first-order chi connectivity index (χ1) is 12.2. The Morgan fingerprint density at radius 1 is 1.12 bits per heavy atom. The second-order valence-corrected chi connectivity index (χ2v) is 8.03. The summed E-state index contributed by atoms with van der Waals surface area (Å²) in [5.74, 6) is 0.135. The fourth-order valence-corrected chi connectivity index (χ4v) is 3.52. The van der Waals surface area contributed by atoms with Gasteiger partial charge >= 0.3 is 0 Å². The van der Waals surface area contributed by atoms with E-state index in [2.05, 4.69) is 5.32 Å². The maximum Gasteiger partial charge on any atom is 0.245 e. The highest BCUT2D eigenvalue weighted by molar-refractivity contribution is 7.92. The third-order valence-electron chi connectivity index (χ3n) is 3.61. The lowest BCUT2D eigenvalue weighted by molar-refractivity contribution is -0.114. The number of hydrogen-bond donors (Lipinski definition) is 1. The van der Waals surface area contributed by atoms with Gasteiger partial charge in [-0.15, -0.1) is 0 Å². The highest BCUT2D eigenvalue weighted by Gasteiger charge is 2.21. The lowest BCUT2D eigenvalue weighted by atomic mass is 10.1. The van der Waals surface area contributed by atoms with Gasteiger partial charge in [0, 0.05) is 11.8 Å². The molecule has 0 heterocycles. The Morgan fingerprint density at radius 3 is 2.35 bits per heavy atom. The molecule has 26 heavy (non-hydrogen) atoms. The summed E-state index contributed by atoms with van der Waals surface area (Å²) in [6.07, 6.45) is 1.07. The Labute approximate surface area is 154 Å². The number of rotatable bonds is 7. The molecular weight excluding hydrogens is 352 g/mol. The van der Waals surface area contributed by atoms with Crippen LogP contribution in [0.15, 0.2) is 42.5 Å². The van der Waals surface area contributed by atoms with E-state index >= 15 is 0 Å². The van der Waals surface area contributed by atoms with Crippen molar-refractivity contribution in [3.8, 4) is 5.75 Å². The molecule has 0 atom stereocenters. The maximum atomic E-state index is 12.4. The van der Waals surface area contributed by atoms with Gasteiger partial charge in [0.15, 0.2) is 0 Å². The topological polar surface area (TPSA) is 75.7 Å². The van der Waals surface area contributed by atoms with Crippen LogP contribution < -0.4 is 14.4 Å². The number of sulfonamides is 1. The molecule has 140 valence electrons. The van der Waals surface area contributed by atoms with Crippen LogP contribution in [-0.2, 0) is 14.8 Å². The standard InChI is InChI=1S/C19H24N2O4S/c1-5-25-18-8-6-7-17(12-18)21(26(4,23)24)13-19(22)20-16-10-14(2)9-15(3)11-16/h6-12H,5,13H2,1-4H3,(H,20,22). The van der Waals surface area contributed by atoms with Gasteiger partial charge in [-0.25, -0.2) is 8.42 Å². The first-order valence-electron chi connectivity index (χ1n) is 8.27. The third-order valence-corrected chi connectivity index (χ3v) is 4.75. The lowest BCUT2D eigenvalue weighted by Gasteiger charge is -2.22. The van der Waals surface area contributed by atoms with E-state index in [1.807, 2.05) is 39.0 Å². The number of amides is 1. The van der Waals surface area contributed by atoms with Gasteiger partial charge in [0.1, 0.15) is 12.3 Å². The van der Waals surface area contributed by atoms with Crippen molar-refractivity contribution >= 4 is 27.3 Å². The molecule has 2 rings (SSSR count). The van der Waals surface area contributed by atoms with E-state index in [0.29, 0.717) is 23.7 Å². The highest BCUT2D eigenvalue weighted by atomic mass is 32.2. The first-order valence-corrected chi connectivity index (χ1v) is 10.1. The van der Waals surface area contributed by atoms with Gasteiger partial charge in [0.25, 0.3) is 0 Å².